The third kappa shape index (κ3) is 2.55. The lowest BCUT2D eigenvalue weighted by atomic mass is 9.75. The van der Waals surface area contributed by atoms with E-state index < -0.39 is 11.9 Å². The zero-order valence-electron chi connectivity index (χ0n) is 12.0. The lowest BCUT2D eigenvalue weighted by Crippen LogP contribution is -2.22. The molecule has 0 aliphatic carbocycles. The molecule has 2 rings (SSSR count). The van der Waals surface area contributed by atoms with Gasteiger partial charge in [-0.05, 0) is 42.0 Å². The number of rotatable bonds is 4. The van der Waals surface area contributed by atoms with Crippen molar-refractivity contribution in [3.63, 3.8) is 0 Å². The van der Waals surface area contributed by atoms with E-state index in [-0.39, 0.29) is 5.41 Å². The molecular formula is C16H18F2N2. The summed E-state index contributed by atoms with van der Waals surface area (Å²) in [7, 11) is 0. The van der Waals surface area contributed by atoms with Crippen LogP contribution < -0.4 is 0 Å². The summed E-state index contributed by atoms with van der Waals surface area (Å²) < 4.78 is 27.8. The molecule has 0 radical (unpaired) electrons. The molecule has 0 bridgehead atoms. The molecule has 2 aromatic rings. The number of hydrogen-bond donors (Lipinski definition) is 0. The van der Waals surface area contributed by atoms with Crippen molar-refractivity contribution < 1.29 is 8.78 Å². The summed E-state index contributed by atoms with van der Waals surface area (Å²) in [5.41, 5.74) is 1.11. The maximum atomic E-state index is 14.2. The molecule has 0 fully saturated rings. The summed E-state index contributed by atoms with van der Waals surface area (Å²) in [6, 6.07) is 6.59. The highest BCUT2D eigenvalue weighted by Crippen LogP contribution is 2.38. The van der Waals surface area contributed by atoms with Crippen LogP contribution in [0.2, 0.25) is 0 Å². The Hall–Kier alpha value is -1.84. The smallest absolute Gasteiger partial charge is 0.225 e. The summed E-state index contributed by atoms with van der Waals surface area (Å²) >= 11 is 0. The first-order chi connectivity index (χ1) is 9.51. The Morgan fingerprint density at radius 3 is 2.40 bits per heavy atom. The zero-order chi connectivity index (χ0) is 14.8. The highest BCUT2D eigenvalue weighted by Gasteiger charge is 2.29. The Labute approximate surface area is 117 Å². The van der Waals surface area contributed by atoms with Crippen molar-refractivity contribution >= 4 is 0 Å². The Balaban J connectivity index is 2.74. The van der Waals surface area contributed by atoms with Gasteiger partial charge in [-0.15, -0.1) is 0 Å². The molecule has 0 saturated carbocycles. The Morgan fingerprint density at radius 1 is 1.15 bits per heavy atom. The van der Waals surface area contributed by atoms with Crippen LogP contribution in [0.25, 0.3) is 11.3 Å². The number of nitrogens with zero attached hydrogens (tertiary/aromatic N) is 2. The van der Waals surface area contributed by atoms with Crippen molar-refractivity contribution in [1.82, 2.24) is 9.97 Å². The van der Waals surface area contributed by atoms with Gasteiger partial charge in [0, 0.05) is 6.20 Å². The van der Waals surface area contributed by atoms with E-state index >= 15 is 0 Å². The van der Waals surface area contributed by atoms with Crippen molar-refractivity contribution in [1.29, 1.82) is 0 Å². The van der Waals surface area contributed by atoms with Crippen LogP contribution in [-0.4, -0.2) is 9.97 Å². The van der Waals surface area contributed by atoms with Crippen molar-refractivity contribution in [2.75, 3.05) is 0 Å². The fraction of sp³-hybridized carbons (Fsp3) is 0.375. The predicted molar refractivity (Wildman–Crippen MR) is 75.3 cm³/mol. The minimum absolute atomic E-state index is 0.304. The second-order valence-electron chi connectivity index (χ2n) is 5.14. The second kappa shape index (κ2) is 5.65. The molecule has 4 heteroatoms. The van der Waals surface area contributed by atoms with Gasteiger partial charge in [-0.3, -0.25) is 4.98 Å². The van der Waals surface area contributed by atoms with Crippen LogP contribution in [-0.2, 0) is 5.41 Å². The van der Waals surface area contributed by atoms with Crippen LogP contribution in [0.15, 0.2) is 30.5 Å². The Morgan fingerprint density at radius 2 is 1.85 bits per heavy atom. The lowest BCUT2D eigenvalue weighted by Gasteiger charge is -2.29. The molecule has 0 aliphatic rings. The Bertz CT molecular complexity index is 593. The number of pyridine rings is 2. The summed E-state index contributed by atoms with van der Waals surface area (Å²) in [6.45, 7) is 6.04. The monoisotopic (exact) mass is 276 g/mol. The normalized spacial score (nSPS) is 11.7. The van der Waals surface area contributed by atoms with Gasteiger partial charge in [0.2, 0.25) is 11.9 Å². The van der Waals surface area contributed by atoms with E-state index in [1.807, 2.05) is 20.8 Å². The van der Waals surface area contributed by atoms with Crippen molar-refractivity contribution in [3.05, 3.63) is 47.9 Å². The second-order valence-corrected chi connectivity index (χ2v) is 5.14. The summed E-state index contributed by atoms with van der Waals surface area (Å²) in [4.78, 5) is 7.50. The van der Waals surface area contributed by atoms with Gasteiger partial charge in [0.15, 0.2) is 0 Å². The maximum Gasteiger partial charge on any atom is 0.225 e. The van der Waals surface area contributed by atoms with Gasteiger partial charge in [0.05, 0.1) is 11.3 Å². The first-order valence-corrected chi connectivity index (χ1v) is 6.79. The SMILES string of the molecule is CCC(C)(CC)c1cc(F)nc(F)c1-c1ccccn1. The van der Waals surface area contributed by atoms with Crippen molar-refractivity contribution in [2.45, 2.75) is 39.0 Å². The third-order valence-corrected chi connectivity index (χ3v) is 4.08. The molecule has 0 saturated heterocycles. The summed E-state index contributed by atoms with van der Waals surface area (Å²) in [5, 5.41) is 0. The van der Waals surface area contributed by atoms with E-state index in [1.165, 1.54) is 6.07 Å². The van der Waals surface area contributed by atoms with Crippen molar-refractivity contribution in [2.24, 2.45) is 0 Å². The number of hydrogen-bond acceptors (Lipinski definition) is 2. The molecule has 0 spiro atoms. The zero-order valence-corrected chi connectivity index (χ0v) is 12.0. The molecule has 0 aromatic carbocycles. The summed E-state index contributed by atoms with van der Waals surface area (Å²) in [5.74, 6) is -1.59. The number of halogens is 2. The highest BCUT2D eigenvalue weighted by molar-refractivity contribution is 5.65. The molecule has 2 nitrogen and oxygen atoms in total. The van der Waals surface area contributed by atoms with E-state index in [2.05, 4.69) is 9.97 Å². The van der Waals surface area contributed by atoms with Gasteiger partial charge in [0.1, 0.15) is 0 Å². The largest absolute Gasteiger partial charge is 0.256 e. The first-order valence-electron chi connectivity index (χ1n) is 6.79. The van der Waals surface area contributed by atoms with E-state index in [0.717, 1.165) is 12.8 Å². The molecule has 20 heavy (non-hydrogen) atoms. The third-order valence-electron chi connectivity index (χ3n) is 4.08. The van der Waals surface area contributed by atoms with Crippen molar-refractivity contribution in [3.8, 4) is 11.3 Å². The van der Waals surface area contributed by atoms with E-state index in [0.29, 0.717) is 16.8 Å². The molecule has 2 aromatic heterocycles. The lowest BCUT2D eigenvalue weighted by molar-refractivity contribution is 0.426. The standard InChI is InChI=1S/C16H18F2N2/c1-4-16(3,5-2)11-10-13(17)20-15(18)14(11)12-8-6-7-9-19-12/h6-10H,4-5H2,1-3H3. The topological polar surface area (TPSA) is 25.8 Å². The first kappa shape index (κ1) is 14.6. The van der Waals surface area contributed by atoms with Gasteiger partial charge in [-0.25, -0.2) is 0 Å². The molecule has 106 valence electrons. The van der Waals surface area contributed by atoms with Crippen LogP contribution in [0.5, 0.6) is 0 Å². The molecule has 0 amide bonds. The quantitative estimate of drug-likeness (QED) is 0.768. The van der Waals surface area contributed by atoms with Crippen LogP contribution in [0, 0.1) is 11.9 Å². The average Bonchev–Trinajstić information content (AvgIpc) is 2.46. The maximum absolute atomic E-state index is 14.2. The fourth-order valence-corrected chi connectivity index (χ4v) is 2.35. The van der Waals surface area contributed by atoms with Gasteiger partial charge in [-0.1, -0.05) is 26.8 Å². The molecule has 2 heterocycles. The predicted octanol–water partition coefficient (Wildman–Crippen LogP) is 4.50. The van der Waals surface area contributed by atoms with Crippen LogP contribution in [0.1, 0.15) is 39.2 Å². The number of aromatic nitrogens is 2. The van der Waals surface area contributed by atoms with E-state index in [9.17, 15) is 8.78 Å². The molecular weight excluding hydrogens is 258 g/mol. The summed E-state index contributed by atoms with van der Waals surface area (Å²) in [6.07, 6.45) is 3.16. The van der Waals surface area contributed by atoms with Crippen LogP contribution in [0.4, 0.5) is 8.78 Å². The molecule has 0 atom stereocenters. The average molecular weight is 276 g/mol. The fourth-order valence-electron chi connectivity index (χ4n) is 2.35. The highest BCUT2D eigenvalue weighted by atomic mass is 19.1. The van der Waals surface area contributed by atoms with E-state index in [4.69, 9.17) is 0 Å². The van der Waals surface area contributed by atoms with Gasteiger partial charge in [-0.2, -0.15) is 13.8 Å². The Kier molecular flexibility index (Phi) is 4.12. The molecule has 0 N–H and O–H groups in total. The van der Waals surface area contributed by atoms with Gasteiger partial charge in [0.25, 0.3) is 0 Å². The molecule has 0 aliphatic heterocycles. The minimum Gasteiger partial charge on any atom is -0.256 e. The minimum atomic E-state index is -0.799. The van der Waals surface area contributed by atoms with Gasteiger partial charge < -0.3 is 0 Å². The van der Waals surface area contributed by atoms with E-state index in [1.54, 1.807) is 24.4 Å². The van der Waals surface area contributed by atoms with Crippen LogP contribution in [0.3, 0.4) is 0 Å². The van der Waals surface area contributed by atoms with Crippen LogP contribution >= 0.6 is 0 Å². The molecule has 0 unspecified atom stereocenters. The van der Waals surface area contributed by atoms with Gasteiger partial charge >= 0.3 is 0 Å².